The molecular formula is C15H16N2O6-2. The van der Waals surface area contributed by atoms with E-state index in [0.717, 1.165) is 0 Å². The van der Waals surface area contributed by atoms with Gasteiger partial charge in [0.25, 0.3) is 0 Å². The zero-order valence-corrected chi connectivity index (χ0v) is 12.4. The molecule has 0 atom stereocenters. The topological polar surface area (TPSA) is 122 Å². The minimum absolute atomic E-state index is 0.0374. The average molecular weight is 320 g/mol. The molecule has 1 aliphatic heterocycles. The summed E-state index contributed by atoms with van der Waals surface area (Å²) in [6, 6.07) is 4.45. The lowest BCUT2D eigenvalue weighted by Gasteiger charge is -2.31. The Morgan fingerprint density at radius 3 is 2.43 bits per heavy atom. The van der Waals surface area contributed by atoms with Gasteiger partial charge in [0, 0.05) is 42.4 Å². The lowest BCUT2D eigenvalue weighted by Crippen LogP contribution is -2.38. The number of carbonyl (C=O) groups excluding carboxylic acids is 3. The van der Waals surface area contributed by atoms with E-state index in [-0.39, 0.29) is 17.7 Å². The minimum atomic E-state index is -1.35. The van der Waals surface area contributed by atoms with Crippen molar-refractivity contribution in [3.05, 3.63) is 23.8 Å². The van der Waals surface area contributed by atoms with Crippen LogP contribution in [0.25, 0.3) is 0 Å². The average Bonchev–Trinajstić information content (AvgIpc) is 2.53. The third kappa shape index (κ3) is 4.68. The molecule has 0 aliphatic carbocycles. The highest BCUT2D eigenvalue weighted by atomic mass is 16.5. The number of benzene rings is 1. The molecule has 1 aliphatic rings. The third-order valence-electron chi connectivity index (χ3n) is 3.41. The molecule has 0 unspecified atom stereocenters. The van der Waals surface area contributed by atoms with Crippen molar-refractivity contribution in [3.63, 3.8) is 0 Å². The fourth-order valence-electron chi connectivity index (χ4n) is 2.30. The van der Waals surface area contributed by atoms with Gasteiger partial charge in [-0.2, -0.15) is 0 Å². The SMILES string of the molecule is O=C([O-])CCC(=O)Nc1ccc(N2CCOCC2)c(C(=O)[O-])c1. The number of amides is 1. The zero-order chi connectivity index (χ0) is 16.8. The highest BCUT2D eigenvalue weighted by Crippen LogP contribution is 2.25. The molecule has 124 valence electrons. The van der Waals surface area contributed by atoms with Gasteiger partial charge in [-0.25, -0.2) is 0 Å². The predicted octanol–water partition coefficient (Wildman–Crippen LogP) is -1.64. The van der Waals surface area contributed by atoms with Crippen LogP contribution in [0.5, 0.6) is 0 Å². The molecular weight excluding hydrogens is 304 g/mol. The van der Waals surface area contributed by atoms with Crippen LogP contribution in [0.1, 0.15) is 23.2 Å². The first-order valence-corrected chi connectivity index (χ1v) is 7.15. The first-order chi connectivity index (χ1) is 11.0. The van der Waals surface area contributed by atoms with Crippen molar-refractivity contribution in [2.75, 3.05) is 36.5 Å². The van der Waals surface area contributed by atoms with Crippen molar-refractivity contribution in [1.82, 2.24) is 0 Å². The van der Waals surface area contributed by atoms with Gasteiger partial charge in [-0.1, -0.05) is 0 Å². The molecule has 1 amide bonds. The van der Waals surface area contributed by atoms with Crippen molar-refractivity contribution >= 4 is 29.2 Å². The van der Waals surface area contributed by atoms with Crippen molar-refractivity contribution in [2.45, 2.75) is 12.8 Å². The maximum atomic E-state index is 11.6. The molecule has 1 saturated heterocycles. The third-order valence-corrected chi connectivity index (χ3v) is 3.41. The van der Waals surface area contributed by atoms with Crippen molar-refractivity contribution in [2.24, 2.45) is 0 Å². The van der Waals surface area contributed by atoms with Gasteiger partial charge in [-0.05, 0) is 24.6 Å². The van der Waals surface area contributed by atoms with Gasteiger partial charge in [-0.3, -0.25) is 4.79 Å². The first-order valence-electron chi connectivity index (χ1n) is 7.15. The summed E-state index contributed by atoms with van der Waals surface area (Å²) >= 11 is 0. The molecule has 1 N–H and O–H groups in total. The Hall–Kier alpha value is -2.61. The summed E-state index contributed by atoms with van der Waals surface area (Å²) in [6.07, 6.45) is -0.640. The summed E-state index contributed by atoms with van der Waals surface area (Å²) in [5.41, 5.74) is 0.732. The molecule has 1 heterocycles. The number of carboxylic acids is 2. The molecule has 8 heteroatoms. The Kier molecular flexibility index (Phi) is 5.53. The summed E-state index contributed by atoms with van der Waals surface area (Å²) in [6.45, 7) is 2.15. The predicted molar refractivity (Wildman–Crippen MR) is 76.7 cm³/mol. The summed E-state index contributed by atoms with van der Waals surface area (Å²) in [5, 5.41) is 24.1. The number of nitrogens with zero attached hydrogens (tertiary/aromatic N) is 1. The summed E-state index contributed by atoms with van der Waals surface area (Å²) < 4.78 is 5.23. The largest absolute Gasteiger partial charge is 0.550 e. The first kappa shape index (κ1) is 16.8. The summed E-state index contributed by atoms with van der Waals surface area (Å²) in [5.74, 6) is -3.20. The van der Waals surface area contributed by atoms with Crippen LogP contribution in [0.2, 0.25) is 0 Å². The highest BCUT2D eigenvalue weighted by molar-refractivity contribution is 5.97. The summed E-state index contributed by atoms with van der Waals surface area (Å²) in [4.78, 5) is 35.1. The molecule has 0 radical (unpaired) electrons. The number of morpholine rings is 1. The standard InChI is InChI=1S/C15H18N2O6/c18-13(3-4-14(19)20)16-10-1-2-12(11(9-10)15(21)22)17-5-7-23-8-6-17/h1-2,9H,3-8H2,(H,16,18)(H,19,20)(H,21,22)/p-2. The molecule has 8 nitrogen and oxygen atoms in total. The van der Waals surface area contributed by atoms with E-state index in [2.05, 4.69) is 5.32 Å². The molecule has 0 saturated carbocycles. The van der Waals surface area contributed by atoms with E-state index >= 15 is 0 Å². The number of aliphatic carboxylic acids is 1. The van der Waals surface area contributed by atoms with Gasteiger partial charge < -0.3 is 34.8 Å². The van der Waals surface area contributed by atoms with E-state index < -0.39 is 24.3 Å². The van der Waals surface area contributed by atoms with Crippen LogP contribution >= 0.6 is 0 Å². The fourth-order valence-corrected chi connectivity index (χ4v) is 2.30. The second kappa shape index (κ2) is 7.59. The number of nitrogens with one attached hydrogen (secondary N) is 1. The molecule has 2 rings (SSSR count). The van der Waals surface area contributed by atoms with Crippen LogP contribution < -0.4 is 20.4 Å². The lowest BCUT2D eigenvalue weighted by atomic mass is 10.1. The van der Waals surface area contributed by atoms with E-state index in [1.807, 2.05) is 4.90 Å². The number of rotatable bonds is 6. The second-order valence-corrected chi connectivity index (χ2v) is 5.04. The lowest BCUT2D eigenvalue weighted by molar-refractivity contribution is -0.305. The second-order valence-electron chi connectivity index (χ2n) is 5.04. The van der Waals surface area contributed by atoms with Crippen molar-refractivity contribution in [1.29, 1.82) is 0 Å². The molecule has 1 aromatic carbocycles. The highest BCUT2D eigenvalue weighted by Gasteiger charge is 2.16. The van der Waals surface area contributed by atoms with Gasteiger partial charge in [-0.15, -0.1) is 0 Å². The van der Waals surface area contributed by atoms with Gasteiger partial charge in [0.1, 0.15) is 0 Å². The summed E-state index contributed by atoms with van der Waals surface area (Å²) in [7, 11) is 0. The van der Waals surface area contributed by atoms with Crippen LogP contribution in [-0.2, 0) is 14.3 Å². The molecule has 1 aromatic rings. The molecule has 0 aromatic heterocycles. The molecule has 23 heavy (non-hydrogen) atoms. The Labute approximate surface area is 132 Å². The van der Waals surface area contributed by atoms with Gasteiger partial charge in [0.2, 0.25) is 5.91 Å². The van der Waals surface area contributed by atoms with Gasteiger partial charge in [0.15, 0.2) is 0 Å². The Balaban J connectivity index is 2.13. The number of aromatic carboxylic acids is 1. The van der Waals surface area contributed by atoms with Crippen LogP contribution in [0, 0.1) is 0 Å². The molecule has 1 fully saturated rings. The van der Waals surface area contributed by atoms with Crippen molar-refractivity contribution in [3.8, 4) is 0 Å². The maximum absolute atomic E-state index is 11.6. The van der Waals surface area contributed by atoms with E-state index in [1.165, 1.54) is 6.07 Å². The van der Waals surface area contributed by atoms with E-state index in [1.54, 1.807) is 12.1 Å². The monoisotopic (exact) mass is 320 g/mol. The van der Waals surface area contributed by atoms with E-state index in [4.69, 9.17) is 4.74 Å². The Morgan fingerprint density at radius 2 is 1.83 bits per heavy atom. The number of hydrogen-bond acceptors (Lipinski definition) is 7. The number of anilines is 2. The van der Waals surface area contributed by atoms with Crippen LogP contribution in [-0.4, -0.2) is 44.1 Å². The number of ether oxygens (including phenoxy) is 1. The van der Waals surface area contributed by atoms with Crippen LogP contribution in [0.4, 0.5) is 11.4 Å². The fraction of sp³-hybridized carbons (Fsp3) is 0.400. The molecule has 0 bridgehead atoms. The van der Waals surface area contributed by atoms with Gasteiger partial charge >= 0.3 is 0 Å². The quantitative estimate of drug-likeness (QED) is 0.666. The molecule has 0 spiro atoms. The minimum Gasteiger partial charge on any atom is -0.550 e. The zero-order valence-electron chi connectivity index (χ0n) is 12.4. The van der Waals surface area contributed by atoms with Gasteiger partial charge in [0.05, 0.1) is 19.2 Å². The Bertz CT molecular complexity index is 610. The van der Waals surface area contributed by atoms with Crippen LogP contribution in [0.3, 0.4) is 0 Å². The van der Waals surface area contributed by atoms with Crippen molar-refractivity contribution < 1.29 is 29.3 Å². The van der Waals surface area contributed by atoms with E-state index in [9.17, 15) is 24.6 Å². The van der Waals surface area contributed by atoms with E-state index in [0.29, 0.717) is 32.0 Å². The number of hydrogen-bond donors (Lipinski definition) is 1. The maximum Gasteiger partial charge on any atom is 0.224 e. The number of carboxylic acid groups (broad SMARTS) is 2. The smallest absolute Gasteiger partial charge is 0.224 e. The number of carbonyl (C=O) groups is 3. The van der Waals surface area contributed by atoms with Crippen LogP contribution in [0.15, 0.2) is 18.2 Å². The Morgan fingerprint density at radius 1 is 1.13 bits per heavy atom. The normalized spacial score (nSPS) is 14.3.